The summed E-state index contributed by atoms with van der Waals surface area (Å²) in [6.07, 6.45) is 3.12. The first kappa shape index (κ1) is 18.5. The summed E-state index contributed by atoms with van der Waals surface area (Å²) in [6.45, 7) is 8.80. The molecule has 1 aromatic heterocycles. The highest BCUT2D eigenvalue weighted by Crippen LogP contribution is 2.38. The van der Waals surface area contributed by atoms with E-state index >= 15 is 0 Å². The Morgan fingerprint density at radius 3 is 2.62 bits per heavy atom. The second-order valence-electron chi connectivity index (χ2n) is 8.34. The van der Waals surface area contributed by atoms with Crippen LogP contribution < -0.4 is 5.32 Å². The normalized spacial score (nSPS) is 20.2. The summed E-state index contributed by atoms with van der Waals surface area (Å²) in [5.74, 6) is 1.92. The highest BCUT2D eigenvalue weighted by Gasteiger charge is 2.28. The van der Waals surface area contributed by atoms with Gasteiger partial charge in [-0.3, -0.25) is 5.32 Å². The molecule has 1 amide bonds. The van der Waals surface area contributed by atoms with Crippen LogP contribution in [-0.4, -0.2) is 15.9 Å². The van der Waals surface area contributed by atoms with Gasteiger partial charge in [0.15, 0.2) is 0 Å². The van der Waals surface area contributed by atoms with Crippen LogP contribution in [0.15, 0.2) is 36.4 Å². The van der Waals surface area contributed by atoms with Gasteiger partial charge in [-0.25, -0.2) is 9.48 Å². The average Bonchev–Trinajstić information content (AvgIpc) is 3.20. The van der Waals surface area contributed by atoms with Gasteiger partial charge in [-0.2, -0.15) is 5.10 Å². The summed E-state index contributed by atoms with van der Waals surface area (Å²) >= 11 is 0. The lowest BCUT2D eigenvalue weighted by Gasteiger charge is -2.22. The number of benzene rings is 1. The highest BCUT2D eigenvalue weighted by atomic mass is 16.5. The molecule has 1 aliphatic carbocycles. The molecule has 0 saturated heterocycles. The minimum atomic E-state index is -0.453. The van der Waals surface area contributed by atoms with E-state index in [0.29, 0.717) is 11.7 Å². The van der Waals surface area contributed by atoms with E-state index in [1.54, 1.807) is 0 Å². The van der Waals surface area contributed by atoms with Crippen molar-refractivity contribution in [3.8, 4) is 0 Å². The average molecular weight is 355 g/mol. The number of ether oxygens (including phenoxy) is 1. The fraction of sp³-hybridized carbons (Fsp3) is 0.524. The van der Waals surface area contributed by atoms with Crippen LogP contribution in [0, 0.1) is 5.92 Å². The summed E-state index contributed by atoms with van der Waals surface area (Å²) in [4.78, 5) is 12.3. The molecule has 140 valence electrons. The van der Waals surface area contributed by atoms with Crippen LogP contribution in [0.5, 0.6) is 0 Å². The number of carbonyl (C=O) groups is 1. The first-order chi connectivity index (χ1) is 12.3. The molecule has 1 N–H and O–H groups in total. The van der Waals surface area contributed by atoms with Gasteiger partial charge in [0.05, 0.1) is 11.2 Å². The van der Waals surface area contributed by atoms with Gasteiger partial charge in [0, 0.05) is 12.0 Å². The van der Waals surface area contributed by atoms with Crippen LogP contribution in [-0.2, 0) is 16.9 Å². The molecular formula is C21H29N3O2. The van der Waals surface area contributed by atoms with Gasteiger partial charge in [-0.05, 0) is 45.1 Å². The van der Waals surface area contributed by atoms with Crippen LogP contribution in [0.25, 0.3) is 0 Å². The van der Waals surface area contributed by atoms with Gasteiger partial charge >= 0.3 is 6.09 Å². The fourth-order valence-electron chi connectivity index (χ4n) is 3.54. The Morgan fingerprint density at radius 1 is 1.27 bits per heavy atom. The lowest BCUT2D eigenvalue weighted by molar-refractivity contribution is 0.154. The maximum absolute atomic E-state index is 12.3. The number of anilines is 1. The number of nitrogens with one attached hydrogen (secondary N) is 1. The van der Waals surface area contributed by atoms with E-state index in [1.165, 1.54) is 19.3 Å². The lowest BCUT2D eigenvalue weighted by atomic mass is 10.0. The summed E-state index contributed by atoms with van der Waals surface area (Å²) in [6, 6.07) is 11.7. The molecule has 0 aliphatic heterocycles. The van der Waals surface area contributed by atoms with E-state index < -0.39 is 6.09 Å². The molecule has 5 heteroatoms. The molecule has 0 unspecified atom stereocenters. The molecule has 1 aromatic carbocycles. The van der Waals surface area contributed by atoms with Crippen molar-refractivity contribution in [1.29, 1.82) is 0 Å². The smallest absolute Gasteiger partial charge is 0.413 e. The van der Waals surface area contributed by atoms with E-state index in [2.05, 4.69) is 33.0 Å². The highest BCUT2D eigenvalue weighted by molar-refractivity contribution is 5.83. The first-order valence-electron chi connectivity index (χ1n) is 9.41. The van der Waals surface area contributed by atoms with Crippen molar-refractivity contribution in [3.05, 3.63) is 47.7 Å². The van der Waals surface area contributed by atoms with Crippen LogP contribution in [0.2, 0.25) is 0 Å². The van der Waals surface area contributed by atoms with Crippen molar-refractivity contribution in [1.82, 2.24) is 9.78 Å². The Labute approximate surface area is 155 Å². The van der Waals surface area contributed by atoms with Crippen molar-refractivity contribution < 1.29 is 9.53 Å². The van der Waals surface area contributed by atoms with Gasteiger partial charge in [0.25, 0.3) is 0 Å². The number of rotatable bonds is 4. The largest absolute Gasteiger partial charge is 0.444 e. The number of nitrogens with zero attached hydrogens (tertiary/aromatic N) is 2. The van der Waals surface area contributed by atoms with Crippen molar-refractivity contribution in [2.75, 3.05) is 5.32 Å². The van der Waals surface area contributed by atoms with Gasteiger partial charge in [0.1, 0.15) is 12.4 Å². The molecule has 2 aromatic rings. The van der Waals surface area contributed by atoms with E-state index in [-0.39, 0.29) is 12.1 Å². The first-order valence-corrected chi connectivity index (χ1v) is 9.41. The van der Waals surface area contributed by atoms with Gasteiger partial charge in [0.2, 0.25) is 0 Å². The van der Waals surface area contributed by atoms with Crippen molar-refractivity contribution in [2.24, 2.45) is 5.92 Å². The fourth-order valence-corrected chi connectivity index (χ4v) is 3.54. The predicted molar refractivity (Wildman–Crippen MR) is 103 cm³/mol. The Bertz CT molecular complexity index is 746. The minimum absolute atomic E-state index is 0.218. The van der Waals surface area contributed by atoms with E-state index in [0.717, 1.165) is 17.2 Å². The molecule has 0 bridgehead atoms. The van der Waals surface area contributed by atoms with Crippen LogP contribution in [0.4, 0.5) is 10.6 Å². The number of carbonyl (C=O) groups excluding carboxylic acids is 1. The number of hydrogen-bond acceptors (Lipinski definition) is 3. The van der Waals surface area contributed by atoms with Crippen LogP contribution in [0.3, 0.4) is 0 Å². The Balaban J connectivity index is 1.71. The Kier molecular flexibility index (Phi) is 5.35. The second kappa shape index (κ2) is 7.52. The van der Waals surface area contributed by atoms with E-state index in [1.807, 2.05) is 41.1 Å². The quantitative estimate of drug-likeness (QED) is 0.810. The molecule has 1 saturated carbocycles. The maximum Gasteiger partial charge on any atom is 0.413 e. The topological polar surface area (TPSA) is 56.1 Å². The monoisotopic (exact) mass is 355 g/mol. The molecule has 1 heterocycles. The standard InChI is InChI=1S/C21H29N3O2/c1-15-10-11-17(12-15)18-13-19(24(23-18)21(2,3)4)22-20(25)26-14-16-8-6-5-7-9-16/h5-9,13,15,17H,10-12,14H2,1-4H3,(H,22,25)/t15-,17+/m0/s1. The van der Waals surface area contributed by atoms with Gasteiger partial charge < -0.3 is 4.74 Å². The predicted octanol–water partition coefficient (Wildman–Crippen LogP) is 5.29. The van der Waals surface area contributed by atoms with Gasteiger partial charge in [-0.1, -0.05) is 43.7 Å². The molecule has 3 rings (SSSR count). The molecule has 0 radical (unpaired) electrons. The molecule has 1 aliphatic rings. The third kappa shape index (κ3) is 4.45. The van der Waals surface area contributed by atoms with Crippen molar-refractivity contribution in [2.45, 2.75) is 65.0 Å². The molecular weight excluding hydrogens is 326 g/mol. The van der Waals surface area contributed by atoms with E-state index in [9.17, 15) is 4.79 Å². The lowest BCUT2D eigenvalue weighted by Crippen LogP contribution is -2.27. The Morgan fingerprint density at radius 2 is 2.00 bits per heavy atom. The zero-order valence-electron chi connectivity index (χ0n) is 16.2. The maximum atomic E-state index is 12.3. The molecule has 5 nitrogen and oxygen atoms in total. The van der Waals surface area contributed by atoms with E-state index in [4.69, 9.17) is 9.84 Å². The number of amides is 1. The third-order valence-corrected chi connectivity index (χ3v) is 4.92. The Hall–Kier alpha value is -2.30. The van der Waals surface area contributed by atoms with Crippen molar-refractivity contribution in [3.63, 3.8) is 0 Å². The molecule has 1 fully saturated rings. The summed E-state index contributed by atoms with van der Waals surface area (Å²) in [7, 11) is 0. The third-order valence-electron chi connectivity index (χ3n) is 4.92. The zero-order chi connectivity index (χ0) is 18.7. The summed E-state index contributed by atoms with van der Waals surface area (Å²) in [5, 5.41) is 7.70. The van der Waals surface area contributed by atoms with Gasteiger partial charge in [-0.15, -0.1) is 0 Å². The van der Waals surface area contributed by atoms with Crippen LogP contribution >= 0.6 is 0 Å². The van der Waals surface area contributed by atoms with Crippen LogP contribution in [0.1, 0.15) is 64.1 Å². The second-order valence-corrected chi connectivity index (χ2v) is 8.34. The molecule has 2 atom stereocenters. The summed E-state index contributed by atoms with van der Waals surface area (Å²) < 4.78 is 7.26. The molecule has 26 heavy (non-hydrogen) atoms. The minimum Gasteiger partial charge on any atom is -0.444 e. The number of hydrogen-bond donors (Lipinski definition) is 1. The number of aromatic nitrogens is 2. The van der Waals surface area contributed by atoms with Crippen molar-refractivity contribution >= 4 is 11.9 Å². The zero-order valence-corrected chi connectivity index (χ0v) is 16.2. The SMILES string of the molecule is C[C@H]1CC[C@@H](c2cc(NC(=O)OCc3ccccc3)n(C(C)(C)C)n2)C1. The summed E-state index contributed by atoms with van der Waals surface area (Å²) in [5.41, 5.74) is 1.82. The molecule has 0 spiro atoms.